The van der Waals surface area contributed by atoms with Gasteiger partial charge >= 0.3 is 0 Å². The zero-order valence-electron chi connectivity index (χ0n) is 8.45. The fourth-order valence-electron chi connectivity index (χ4n) is 1.34. The number of Topliss-reactive ketones (excluding diaryl/α,β-unsaturated/α-hetero) is 1. The molecule has 1 heterocycles. The highest BCUT2D eigenvalue weighted by molar-refractivity contribution is 6.33. The molecule has 1 aromatic carbocycles. The van der Waals surface area contributed by atoms with Crippen LogP contribution in [0.4, 0.5) is 0 Å². The fraction of sp³-hybridized carbons (Fsp3) is 0.0909. The van der Waals surface area contributed by atoms with Crippen molar-refractivity contribution in [1.82, 2.24) is 9.78 Å². The van der Waals surface area contributed by atoms with E-state index in [-0.39, 0.29) is 5.78 Å². The molecular formula is C11H8Cl2N2O. The molecule has 0 saturated carbocycles. The molecule has 0 N–H and O–H groups in total. The van der Waals surface area contributed by atoms with Crippen LogP contribution in [-0.2, 0) is 0 Å². The van der Waals surface area contributed by atoms with E-state index in [1.807, 2.05) is 0 Å². The van der Waals surface area contributed by atoms with Gasteiger partial charge in [0.05, 0.1) is 21.9 Å². The number of nitrogens with zero attached hydrogens (tertiary/aromatic N) is 2. The van der Waals surface area contributed by atoms with Crippen molar-refractivity contribution in [3.8, 4) is 5.69 Å². The molecule has 0 aliphatic rings. The van der Waals surface area contributed by atoms with Crippen LogP contribution in [0.5, 0.6) is 0 Å². The van der Waals surface area contributed by atoms with E-state index in [9.17, 15) is 4.79 Å². The zero-order chi connectivity index (χ0) is 11.7. The molecule has 0 saturated heterocycles. The van der Waals surface area contributed by atoms with E-state index in [0.29, 0.717) is 21.3 Å². The number of carbonyl (C=O) groups is 1. The van der Waals surface area contributed by atoms with E-state index in [4.69, 9.17) is 23.2 Å². The van der Waals surface area contributed by atoms with Crippen molar-refractivity contribution >= 4 is 29.0 Å². The minimum atomic E-state index is -0.0213. The first-order valence-corrected chi connectivity index (χ1v) is 5.34. The van der Waals surface area contributed by atoms with Gasteiger partial charge in [0.1, 0.15) is 0 Å². The van der Waals surface area contributed by atoms with Gasteiger partial charge in [-0.15, -0.1) is 0 Å². The van der Waals surface area contributed by atoms with Crippen LogP contribution in [0.2, 0.25) is 10.0 Å². The van der Waals surface area contributed by atoms with Gasteiger partial charge in [-0.1, -0.05) is 23.2 Å². The van der Waals surface area contributed by atoms with E-state index >= 15 is 0 Å². The van der Waals surface area contributed by atoms with Gasteiger partial charge in [-0.25, -0.2) is 4.68 Å². The lowest BCUT2D eigenvalue weighted by atomic mass is 10.1. The number of carbonyl (C=O) groups excluding carboxylic acids is 1. The first-order valence-electron chi connectivity index (χ1n) is 4.59. The third-order valence-corrected chi connectivity index (χ3v) is 2.65. The van der Waals surface area contributed by atoms with Crippen LogP contribution in [0.1, 0.15) is 17.3 Å². The Hall–Kier alpha value is -1.32. The highest BCUT2D eigenvalue weighted by Crippen LogP contribution is 2.22. The summed E-state index contributed by atoms with van der Waals surface area (Å²) in [6, 6.07) is 5.07. The van der Waals surface area contributed by atoms with Crippen LogP contribution in [-0.4, -0.2) is 15.6 Å². The summed E-state index contributed by atoms with van der Waals surface area (Å²) < 4.78 is 1.56. The summed E-state index contributed by atoms with van der Waals surface area (Å²) in [7, 11) is 0. The van der Waals surface area contributed by atoms with Crippen molar-refractivity contribution < 1.29 is 4.79 Å². The molecule has 0 atom stereocenters. The van der Waals surface area contributed by atoms with Crippen LogP contribution in [0.25, 0.3) is 5.69 Å². The molecule has 5 heteroatoms. The molecule has 0 amide bonds. The first kappa shape index (κ1) is 11.2. The maximum absolute atomic E-state index is 11.1. The van der Waals surface area contributed by atoms with Gasteiger partial charge < -0.3 is 0 Å². The quantitative estimate of drug-likeness (QED) is 0.771. The normalized spacial score (nSPS) is 10.4. The number of ketones is 1. The molecule has 1 aromatic heterocycles. The second kappa shape index (κ2) is 4.28. The number of hydrogen-bond acceptors (Lipinski definition) is 2. The van der Waals surface area contributed by atoms with Gasteiger partial charge in [-0.2, -0.15) is 5.10 Å². The second-order valence-corrected chi connectivity index (χ2v) is 4.17. The zero-order valence-corrected chi connectivity index (χ0v) is 9.96. The van der Waals surface area contributed by atoms with E-state index < -0.39 is 0 Å². The van der Waals surface area contributed by atoms with Crippen molar-refractivity contribution in [2.24, 2.45) is 0 Å². The molecule has 82 valence electrons. The van der Waals surface area contributed by atoms with Crippen LogP contribution < -0.4 is 0 Å². The summed E-state index contributed by atoms with van der Waals surface area (Å²) in [5.41, 5.74) is 1.27. The Morgan fingerprint density at radius 1 is 1.38 bits per heavy atom. The highest BCUT2D eigenvalue weighted by Gasteiger charge is 2.07. The van der Waals surface area contributed by atoms with Gasteiger partial charge in [0.2, 0.25) is 0 Å². The van der Waals surface area contributed by atoms with Gasteiger partial charge in [-0.3, -0.25) is 4.79 Å². The molecule has 3 nitrogen and oxygen atoms in total. The molecular weight excluding hydrogens is 247 g/mol. The molecule has 0 fully saturated rings. The Morgan fingerprint density at radius 2 is 2.12 bits per heavy atom. The van der Waals surface area contributed by atoms with E-state index in [1.54, 1.807) is 29.1 Å². The van der Waals surface area contributed by atoms with Crippen molar-refractivity contribution in [2.75, 3.05) is 0 Å². The maximum Gasteiger partial charge on any atom is 0.159 e. The van der Waals surface area contributed by atoms with Gasteiger partial charge in [-0.05, 0) is 25.1 Å². The average molecular weight is 255 g/mol. The lowest BCUT2D eigenvalue weighted by Crippen LogP contribution is -1.98. The minimum absolute atomic E-state index is 0.0213. The third-order valence-electron chi connectivity index (χ3n) is 2.15. The predicted molar refractivity (Wildman–Crippen MR) is 63.6 cm³/mol. The molecule has 0 radical (unpaired) electrons. The Bertz CT molecular complexity index is 549. The first-order chi connectivity index (χ1) is 7.58. The topological polar surface area (TPSA) is 34.9 Å². The smallest absolute Gasteiger partial charge is 0.159 e. The Labute approximate surface area is 103 Å². The minimum Gasteiger partial charge on any atom is -0.295 e. The molecule has 0 bridgehead atoms. The summed E-state index contributed by atoms with van der Waals surface area (Å²) in [5.74, 6) is -0.0213. The molecule has 0 aliphatic heterocycles. The van der Waals surface area contributed by atoms with Crippen molar-refractivity contribution in [2.45, 2.75) is 6.92 Å². The summed E-state index contributed by atoms with van der Waals surface area (Å²) in [6.45, 7) is 1.50. The van der Waals surface area contributed by atoms with Crippen molar-refractivity contribution in [3.63, 3.8) is 0 Å². The Morgan fingerprint density at radius 3 is 2.62 bits per heavy atom. The van der Waals surface area contributed by atoms with E-state index in [0.717, 1.165) is 0 Å². The molecule has 2 aromatic rings. The standard InChI is InChI=1S/C11H8Cl2N2O/c1-7(16)8-2-3-11(10(13)4-8)15-6-9(12)5-14-15/h2-6H,1H3. The van der Waals surface area contributed by atoms with Crippen LogP contribution in [0.3, 0.4) is 0 Å². The van der Waals surface area contributed by atoms with Crippen LogP contribution in [0, 0.1) is 0 Å². The Kier molecular flexibility index (Phi) is 2.99. The van der Waals surface area contributed by atoms with E-state index in [2.05, 4.69) is 5.10 Å². The van der Waals surface area contributed by atoms with Crippen LogP contribution in [0.15, 0.2) is 30.6 Å². The van der Waals surface area contributed by atoms with E-state index in [1.165, 1.54) is 13.1 Å². The fourth-order valence-corrected chi connectivity index (χ4v) is 1.75. The summed E-state index contributed by atoms with van der Waals surface area (Å²) in [5, 5.41) is 5.04. The Balaban J connectivity index is 2.47. The lowest BCUT2D eigenvalue weighted by Gasteiger charge is -2.05. The van der Waals surface area contributed by atoms with Crippen molar-refractivity contribution in [3.05, 3.63) is 46.2 Å². The maximum atomic E-state index is 11.1. The monoisotopic (exact) mass is 254 g/mol. The van der Waals surface area contributed by atoms with Gasteiger partial charge in [0.15, 0.2) is 5.78 Å². The summed E-state index contributed by atoms with van der Waals surface area (Å²) in [4.78, 5) is 11.1. The molecule has 0 aliphatic carbocycles. The third kappa shape index (κ3) is 2.10. The number of halogens is 2. The summed E-state index contributed by atoms with van der Waals surface area (Å²) in [6.07, 6.45) is 3.17. The molecule has 2 rings (SSSR count). The number of benzene rings is 1. The largest absolute Gasteiger partial charge is 0.295 e. The number of aromatic nitrogens is 2. The lowest BCUT2D eigenvalue weighted by molar-refractivity contribution is 0.101. The highest BCUT2D eigenvalue weighted by atomic mass is 35.5. The van der Waals surface area contributed by atoms with Crippen LogP contribution >= 0.6 is 23.2 Å². The molecule has 0 spiro atoms. The molecule has 0 unspecified atom stereocenters. The van der Waals surface area contributed by atoms with Gasteiger partial charge in [0, 0.05) is 11.8 Å². The number of rotatable bonds is 2. The van der Waals surface area contributed by atoms with Crippen molar-refractivity contribution in [1.29, 1.82) is 0 Å². The van der Waals surface area contributed by atoms with Gasteiger partial charge in [0.25, 0.3) is 0 Å². The molecule has 16 heavy (non-hydrogen) atoms. The second-order valence-electron chi connectivity index (χ2n) is 3.33. The summed E-state index contributed by atoms with van der Waals surface area (Å²) >= 11 is 11.8. The number of hydrogen-bond donors (Lipinski definition) is 0. The average Bonchev–Trinajstić information content (AvgIpc) is 2.64. The predicted octanol–water partition coefficient (Wildman–Crippen LogP) is 3.38. The SMILES string of the molecule is CC(=O)c1ccc(-n2cc(Cl)cn2)c(Cl)c1.